The smallest absolute Gasteiger partial charge is 0.321 e. The van der Waals surface area contributed by atoms with Crippen LogP contribution in [-0.4, -0.2) is 36.4 Å². The second-order valence-electron chi connectivity index (χ2n) is 3.76. The van der Waals surface area contributed by atoms with Crippen molar-refractivity contribution in [2.45, 2.75) is 32.4 Å². The Labute approximate surface area is 78.3 Å². The van der Waals surface area contributed by atoms with Crippen LogP contribution in [0.4, 0.5) is 0 Å². The maximum atomic E-state index is 10.9. The van der Waals surface area contributed by atoms with Gasteiger partial charge in [0, 0.05) is 18.6 Å². The molecule has 0 aromatic rings. The first-order valence-corrected chi connectivity index (χ1v) is 4.68. The summed E-state index contributed by atoms with van der Waals surface area (Å²) < 4.78 is 5.17. The molecule has 1 aliphatic rings. The monoisotopic (exact) mass is 187 g/mol. The number of aliphatic carboxylic acids is 1. The van der Waals surface area contributed by atoms with Crippen LogP contribution >= 0.6 is 0 Å². The molecular weight excluding hydrogens is 170 g/mol. The summed E-state index contributed by atoms with van der Waals surface area (Å²) in [5.41, 5.74) is 0. The predicted molar refractivity (Wildman–Crippen MR) is 48.6 cm³/mol. The minimum absolute atomic E-state index is 0.125. The number of carboxylic acid groups (broad SMARTS) is 1. The van der Waals surface area contributed by atoms with E-state index in [1.54, 1.807) is 0 Å². The Morgan fingerprint density at radius 3 is 2.69 bits per heavy atom. The molecule has 2 N–H and O–H groups in total. The van der Waals surface area contributed by atoms with Gasteiger partial charge in [-0.15, -0.1) is 0 Å². The quantitative estimate of drug-likeness (QED) is 0.672. The van der Waals surface area contributed by atoms with E-state index in [1.807, 2.05) is 13.8 Å². The minimum Gasteiger partial charge on any atom is -0.480 e. The summed E-state index contributed by atoms with van der Waals surface area (Å²) in [6.07, 6.45) is 0.844. The van der Waals surface area contributed by atoms with E-state index in [0.29, 0.717) is 13.2 Å². The molecule has 0 aromatic heterocycles. The summed E-state index contributed by atoms with van der Waals surface area (Å²) in [6.45, 7) is 5.16. The van der Waals surface area contributed by atoms with Gasteiger partial charge in [-0.05, 0) is 6.42 Å². The third-order valence-electron chi connectivity index (χ3n) is 2.22. The summed E-state index contributed by atoms with van der Waals surface area (Å²) in [6, 6.07) is -0.260. The van der Waals surface area contributed by atoms with Gasteiger partial charge in [0.05, 0.1) is 6.61 Å². The summed E-state index contributed by atoms with van der Waals surface area (Å²) in [7, 11) is 0. The Morgan fingerprint density at radius 1 is 1.62 bits per heavy atom. The summed E-state index contributed by atoms with van der Waals surface area (Å²) in [5.74, 6) is -0.649. The minimum atomic E-state index is -0.774. The Balaban J connectivity index is 2.50. The molecule has 0 aromatic carbocycles. The molecule has 0 radical (unpaired) electrons. The Hall–Kier alpha value is -0.610. The first kappa shape index (κ1) is 10.5. The van der Waals surface area contributed by atoms with Crippen LogP contribution in [0.2, 0.25) is 0 Å². The van der Waals surface area contributed by atoms with E-state index in [4.69, 9.17) is 9.84 Å². The molecule has 76 valence electrons. The van der Waals surface area contributed by atoms with E-state index in [1.165, 1.54) is 0 Å². The van der Waals surface area contributed by atoms with Crippen molar-refractivity contribution in [1.29, 1.82) is 0 Å². The number of carbonyl (C=O) groups is 1. The molecule has 4 heteroatoms. The largest absolute Gasteiger partial charge is 0.480 e. The Bertz CT molecular complexity index is 176. The normalized spacial score (nSPS) is 25.0. The lowest BCUT2D eigenvalue weighted by molar-refractivity contribution is -0.141. The standard InChI is InChI=1S/C9H17NO3/c1-6(2)10-8(9(11)12)7-3-4-13-5-7/h6-8,10H,3-5H2,1-2H3,(H,11,12). The third kappa shape index (κ3) is 2.97. The van der Waals surface area contributed by atoms with Crippen molar-refractivity contribution in [2.24, 2.45) is 5.92 Å². The highest BCUT2D eigenvalue weighted by molar-refractivity contribution is 5.74. The molecule has 1 heterocycles. The zero-order chi connectivity index (χ0) is 9.84. The lowest BCUT2D eigenvalue weighted by Crippen LogP contribution is -2.46. The number of carboxylic acids is 1. The summed E-state index contributed by atoms with van der Waals surface area (Å²) >= 11 is 0. The molecule has 0 saturated carbocycles. The van der Waals surface area contributed by atoms with Crippen LogP contribution in [0.3, 0.4) is 0 Å². The number of hydrogen-bond acceptors (Lipinski definition) is 3. The maximum absolute atomic E-state index is 10.9. The molecule has 13 heavy (non-hydrogen) atoms. The fraction of sp³-hybridized carbons (Fsp3) is 0.889. The van der Waals surface area contributed by atoms with Crippen molar-refractivity contribution in [1.82, 2.24) is 5.32 Å². The first-order valence-electron chi connectivity index (χ1n) is 4.68. The molecule has 2 unspecified atom stereocenters. The average Bonchev–Trinajstić information content (AvgIpc) is 2.50. The van der Waals surface area contributed by atoms with Gasteiger partial charge in [-0.25, -0.2) is 0 Å². The highest BCUT2D eigenvalue weighted by Gasteiger charge is 2.31. The number of rotatable bonds is 4. The van der Waals surface area contributed by atoms with Crippen LogP contribution in [0.15, 0.2) is 0 Å². The SMILES string of the molecule is CC(C)NC(C(=O)O)C1CCOC1. The molecule has 1 rings (SSSR count). The maximum Gasteiger partial charge on any atom is 0.321 e. The second kappa shape index (κ2) is 4.58. The van der Waals surface area contributed by atoms with Crippen molar-refractivity contribution < 1.29 is 14.6 Å². The molecule has 2 atom stereocenters. The molecule has 0 aliphatic carbocycles. The van der Waals surface area contributed by atoms with Crippen molar-refractivity contribution >= 4 is 5.97 Å². The van der Waals surface area contributed by atoms with Gasteiger partial charge in [0.2, 0.25) is 0 Å². The van der Waals surface area contributed by atoms with Crippen LogP contribution in [0.1, 0.15) is 20.3 Å². The molecule has 1 aliphatic heterocycles. The van der Waals surface area contributed by atoms with E-state index in [2.05, 4.69) is 5.32 Å². The van der Waals surface area contributed by atoms with Crippen molar-refractivity contribution in [3.05, 3.63) is 0 Å². The van der Waals surface area contributed by atoms with Crippen molar-refractivity contribution in [2.75, 3.05) is 13.2 Å². The van der Waals surface area contributed by atoms with Gasteiger partial charge in [0.15, 0.2) is 0 Å². The molecular formula is C9H17NO3. The van der Waals surface area contributed by atoms with Crippen LogP contribution in [0.5, 0.6) is 0 Å². The van der Waals surface area contributed by atoms with E-state index in [9.17, 15) is 4.79 Å². The van der Waals surface area contributed by atoms with Crippen molar-refractivity contribution in [3.63, 3.8) is 0 Å². The van der Waals surface area contributed by atoms with Gasteiger partial charge in [0.1, 0.15) is 6.04 Å². The average molecular weight is 187 g/mol. The van der Waals surface area contributed by atoms with E-state index >= 15 is 0 Å². The van der Waals surface area contributed by atoms with Gasteiger partial charge in [-0.1, -0.05) is 13.8 Å². The van der Waals surface area contributed by atoms with Crippen LogP contribution < -0.4 is 5.32 Å². The van der Waals surface area contributed by atoms with Gasteiger partial charge < -0.3 is 15.2 Å². The third-order valence-corrected chi connectivity index (χ3v) is 2.22. The van der Waals surface area contributed by atoms with Gasteiger partial charge in [-0.3, -0.25) is 4.79 Å². The summed E-state index contributed by atoms with van der Waals surface area (Å²) in [5, 5.41) is 12.0. The van der Waals surface area contributed by atoms with Gasteiger partial charge >= 0.3 is 5.97 Å². The van der Waals surface area contributed by atoms with Gasteiger partial charge in [-0.2, -0.15) is 0 Å². The molecule has 1 saturated heterocycles. The zero-order valence-electron chi connectivity index (χ0n) is 8.12. The van der Waals surface area contributed by atoms with Crippen LogP contribution in [0, 0.1) is 5.92 Å². The molecule has 4 nitrogen and oxygen atoms in total. The predicted octanol–water partition coefficient (Wildman–Crippen LogP) is 0.474. The number of hydrogen-bond donors (Lipinski definition) is 2. The van der Waals surface area contributed by atoms with Crippen LogP contribution in [-0.2, 0) is 9.53 Å². The first-order chi connectivity index (χ1) is 6.11. The topological polar surface area (TPSA) is 58.6 Å². The van der Waals surface area contributed by atoms with E-state index in [0.717, 1.165) is 6.42 Å². The number of ether oxygens (including phenoxy) is 1. The lowest BCUT2D eigenvalue weighted by Gasteiger charge is -2.21. The lowest BCUT2D eigenvalue weighted by atomic mass is 9.98. The Kier molecular flexibility index (Phi) is 3.69. The molecule has 1 fully saturated rings. The highest BCUT2D eigenvalue weighted by Crippen LogP contribution is 2.17. The van der Waals surface area contributed by atoms with E-state index < -0.39 is 12.0 Å². The molecule has 0 bridgehead atoms. The van der Waals surface area contributed by atoms with Crippen molar-refractivity contribution in [3.8, 4) is 0 Å². The Morgan fingerprint density at radius 2 is 2.31 bits per heavy atom. The summed E-state index contributed by atoms with van der Waals surface area (Å²) in [4.78, 5) is 10.9. The molecule has 0 amide bonds. The van der Waals surface area contributed by atoms with E-state index in [-0.39, 0.29) is 12.0 Å². The number of nitrogens with one attached hydrogen (secondary N) is 1. The molecule has 0 spiro atoms. The van der Waals surface area contributed by atoms with Gasteiger partial charge in [0.25, 0.3) is 0 Å². The second-order valence-corrected chi connectivity index (χ2v) is 3.76. The zero-order valence-corrected chi connectivity index (χ0v) is 8.12. The fourth-order valence-electron chi connectivity index (χ4n) is 1.58. The fourth-order valence-corrected chi connectivity index (χ4v) is 1.58. The highest BCUT2D eigenvalue weighted by atomic mass is 16.5. The van der Waals surface area contributed by atoms with Crippen LogP contribution in [0.25, 0.3) is 0 Å².